The number of piperidine rings is 1. The number of H-pyrrole nitrogens is 1. The molecule has 1 unspecified atom stereocenters. The summed E-state index contributed by atoms with van der Waals surface area (Å²) in [5.41, 5.74) is -0.0646. The molecule has 0 radical (unpaired) electrons. The van der Waals surface area contributed by atoms with E-state index in [-0.39, 0.29) is 23.2 Å². The summed E-state index contributed by atoms with van der Waals surface area (Å²) in [6, 6.07) is 8.69. The number of carbonyl (C=O) groups is 1. The lowest BCUT2D eigenvalue weighted by Crippen LogP contribution is -2.49. The van der Waals surface area contributed by atoms with Crippen molar-refractivity contribution in [2.24, 2.45) is 0 Å². The first-order valence-corrected chi connectivity index (χ1v) is 7.64. The van der Waals surface area contributed by atoms with Crippen molar-refractivity contribution in [1.29, 1.82) is 0 Å². The number of likely N-dealkylation sites (N-methyl/N-ethyl adjacent to an activating group) is 1. The maximum Gasteiger partial charge on any atom is 0.274 e. The SMILES string of the molecule is CN(C(=O)c1ccc(=O)[nH]n1)C1CCCN(c2ccccn2)C1. The third-order valence-corrected chi connectivity index (χ3v) is 4.14. The van der Waals surface area contributed by atoms with Gasteiger partial charge in [-0.15, -0.1) is 0 Å². The second-order valence-corrected chi connectivity index (χ2v) is 5.65. The van der Waals surface area contributed by atoms with Crippen molar-refractivity contribution in [3.8, 4) is 0 Å². The van der Waals surface area contributed by atoms with E-state index in [1.54, 1.807) is 18.1 Å². The number of carbonyl (C=O) groups excluding carboxylic acids is 1. The fraction of sp³-hybridized carbons (Fsp3) is 0.375. The quantitative estimate of drug-likeness (QED) is 0.910. The molecule has 0 spiro atoms. The molecule has 7 nitrogen and oxygen atoms in total. The summed E-state index contributed by atoms with van der Waals surface area (Å²) in [6.45, 7) is 1.68. The largest absolute Gasteiger partial charge is 0.355 e. The first kappa shape index (κ1) is 15.2. The Labute approximate surface area is 134 Å². The van der Waals surface area contributed by atoms with Crippen LogP contribution in [0.5, 0.6) is 0 Å². The molecule has 3 rings (SSSR count). The molecule has 1 N–H and O–H groups in total. The van der Waals surface area contributed by atoms with Gasteiger partial charge in [-0.25, -0.2) is 10.1 Å². The molecule has 1 amide bonds. The number of aromatic amines is 1. The minimum Gasteiger partial charge on any atom is -0.355 e. The Morgan fingerprint density at radius 3 is 2.91 bits per heavy atom. The number of nitrogens with one attached hydrogen (secondary N) is 1. The van der Waals surface area contributed by atoms with Crippen LogP contribution in [0.4, 0.5) is 5.82 Å². The molecule has 2 aromatic rings. The van der Waals surface area contributed by atoms with Crippen molar-refractivity contribution in [1.82, 2.24) is 20.1 Å². The second-order valence-electron chi connectivity index (χ2n) is 5.65. The van der Waals surface area contributed by atoms with Gasteiger partial charge in [0.25, 0.3) is 11.5 Å². The molecule has 1 aliphatic rings. The van der Waals surface area contributed by atoms with Crippen molar-refractivity contribution in [3.63, 3.8) is 0 Å². The summed E-state index contributed by atoms with van der Waals surface area (Å²) in [4.78, 5) is 31.8. The number of aromatic nitrogens is 3. The van der Waals surface area contributed by atoms with Crippen LogP contribution in [0.15, 0.2) is 41.3 Å². The van der Waals surface area contributed by atoms with Crippen LogP contribution < -0.4 is 10.5 Å². The van der Waals surface area contributed by atoms with Crippen LogP contribution >= 0.6 is 0 Å². The Morgan fingerprint density at radius 1 is 1.35 bits per heavy atom. The number of nitrogens with zero attached hydrogens (tertiary/aromatic N) is 4. The molecular formula is C16H19N5O2. The van der Waals surface area contributed by atoms with Crippen molar-refractivity contribution in [2.45, 2.75) is 18.9 Å². The minimum atomic E-state index is -0.316. The smallest absolute Gasteiger partial charge is 0.274 e. The van der Waals surface area contributed by atoms with E-state index >= 15 is 0 Å². The molecule has 1 fully saturated rings. The average molecular weight is 313 g/mol. The van der Waals surface area contributed by atoms with Crippen LogP contribution in [-0.4, -0.2) is 52.2 Å². The number of rotatable bonds is 3. The van der Waals surface area contributed by atoms with Crippen LogP contribution in [-0.2, 0) is 0 Å². The zero-order valence-electron chi connectivity index (χ0n) is 13.0. The van der Waals surface area contributed by atoms with E-state index in [1.165, 1.54) is 12.1 Å². The number of hydrogen-bond acceptors (Lipinski definition) is 5. The van der Waals surface area contributed by atoms with Gasteiger partial charge in [0.15, 0.2) is 0 Å². The molecule has 0 saturated carbocycles. The summed E-state index contributed by atoms with van der Waals surface area (Å²) >= 11 is 0. The third-order valence-electron chi connectivity index (χ3n) is 4.14. The van der Waals surface area contributed by atoms with E-state index in [2.05, 4.69) is 20.1 Å². The molecule has 7 heteroatoms. The fourth-order valence-corrected chi connectivity index (χ4v) is 2.83. The number of amides is 1. The highest BCUT2D eigenvalue weighted by Crippen LogP contribution is 2.20. The van der Waals surface area contributed by atoms with Gasteiger partial charge in [-0.1, -0.05) is 6.07 Å². The maximum absolute atomic E-state index is 12.5. The van der Waals surface area contributed by atoms with E-state index in [9.17, 15) is 9.59 Å². The molecule has 23 heavy (non-hydrogen) atoms. The predicted octanol–water partition coefficient (Wildman–Crippen LogP) is 0.906. The molecule has 3 heterocycles. The lowest BCUT2D eigenvalue weighted by atomic mass is 10.0. The molecule has 0 aromatic carbocycles. The maximum atomic E-state index is 12.5. The van der Waals surface area contributed by atoms with Crippen molar-refractivity contribution < 1.29 is 4.79 Å². The highest BCUT2D eigenvalue weighted by Gasteiger charge is 2.27. The monoisotopic (exact) mass is 313 g/mol. The van der Waals surface area contributed by atoms with Crippen LogP contribution in [0.3, 0.4) is 0 Å². The molecule has 120 valence electrons. The Bertz CT molecular complexity index is 710. The summed E-state index contributed by atoms with van der Waals surface area (Å²) < 4.78 is 0. The van der Waals surface area contributed by atoms with E-state index in [1.807, 2.05) is 18.2 Å². The van der Waals surface area contributed by atoms with Crippen molar-refractivity contribution in [2.75, 3.05) is 25.0 Å². The minimum absolute atomic E-state index is 0.0898. The molecule has 1 atom stereocenters. The molecule has 1 aliphatic heterocycles. The van der Waals surface area contributed by atoms with Gasteiger partial charge in [0, 0.05) is 38.4 Å². The molecular weight excluding hydrogens is 294 g/mol. The highest BCUT2D eigenvalue weighted by atomic mass is 16.2. The normalized spacial score (nSPS) is 17.8. The van der Waals surface area contributed by atoms with Gasteiger partial charge in [-0.3, -0.25) is 9.59 Å². The average Bonchev–Trinajstić information content (AvgIpc) is 2.62. The number of anilines is 1. The van der Waals surface area contributed by atoms with Gasteiger partial charge >= 0.3 is 0 Å². The summed E-state index contributed by atoms with van der Waals surface area (Å²) in [5, 5.41) is 6.12. The Hall–Kier alpha value is -2.70. The van der Waals surface area contributed by atoms with Crippen molar-refractivity contribution in [3.05, 3.63) is 52.6 Å². The summed E-state index contributed by atoms with van der Waals surface area (Å²) in [5.74, 6) is 0.745. The topological polar surface area (TPSA) is 82.2 Å². The number of pyridine rings is 1. The molecule has 1 saturated heterocycles. The van der Waals surface area contributed by atoms with E-state index in [0.717, 1.165) is 31.7 Å². The molecule has 0 aliphatic carbocycles. The van der Waals surface area contributed by atoms with Gasteiger partial charge in [0.2, 0.25) is 0 Å². The lowest BCUT2D eigenvalue weighted by molar-refractivity contribution is 0.0710. The van der Waals surface area contributed by atoms with E-state index < -0.39 is 0 Å². The van der Waals surface area contributed by atoms with E-state index in [4.69, 9.17) is 0 Å². The number of hydrogen-bond donors (Lipinski definition) is 1. The highest BCUT2D eigenvalue weighted by molar-refractivity contribution is 5.92. The van der Waals surface area contributed by atoms with Gasteiger partial charge < -0.3 is 9.80 Å². The fourth-order valence-electron chi connectivity index (χ4n) is 2.83. The van der Waals surface area contributed by atoms with Gasteiger partial charge in [-0.05, 0) is 31.0 Å². The first-order chi connectivity index (χ1) is 11.1. The van der Waals surface area contributed by atoms with E-state index in [0.29, 0.717) is 0 Å². The second kappa shape index (κ2) is 6.60. The first-order valence-electron chi connectivity index (χ1n) is 7.64. The van der Waals surface area contributed by atoms with Gasteiger partial charge in [0.05, 0.1) is 0 Å². The predicted molar refractivity (Wildman–Crippen MR) is 86.4 cm³/mol. The standard InChI is InChI=1S/C16H19N5O2/c1-20(16(23)13-7-8-15(22)19-18-13)12-5-4-10-21(11-12)14-6-2-3-9-17-14/h2-3,6-9,12H,4-5,10-11H2,1H3,(H,19,22). The van der Waals surface area contributed by atoms with Crippen LogP contribution in [0, 0.1) is 0 Å². The van der Waals surface area contributed by atoms with Crippen LogP contribution in [0.25, 0.3) is 0 Å². The summed E-state index contributed by atoms with van der Waals surface area (Å²) in [6.07, 6.45) is 3.71. The van der Waals surface area contributed by atoms with Crippen molar-refractivity contribution >= 4 is 11.7 Å². The van der Waals surface area contributed by atoms with Gasteiger partial charge in [0.1, 0.15) is 11.5 Å². The van der Waals surface area contributed by atoms with Crippen LogP contribution in [0.1, 0.15) is 23.3 Å². The zero-order chi connectivity index (χ0) is 16.2. The van der Waals surface area contributed by atoms with Crippen LogP contribution in [0.2, 0.25) is 0 Å². The molecule has 0 bridgehead atoms. The Kier molecular flexibility index (Phi) is 4.36. The Balaban J connectivity index is 1.71. The molecule has 2 aromatic heterocycles. The van der Waals surface area contributed by atoms with Gasteiger partial charge in [-0.2, -0.15) is 5.10 Å². The lowest BCUT2D eigenvalue weighted by Gasteiger charge is -2.38. The Morgan fingerprint density at radius 2 is 2.22 bits per heavy atom. The zero-order valence-corrected chi connectivity index (χ0v) is 13.0. The third kappa shape index (κ3) is 3.39. The summed E-state index contributed by atoms with van der Waals surface area (Å²) in [7, 11) is 1.78.